The van der Waals surface area contributed by atoms with Crippen LogP contribution in [0.25, 0.3) is 11.1 Å². The number of nitrogens with zero attached hydrogens (tertiary/aromatic N) is 3. The molecule has 1 atom stereocenters. The molecule has 0 saturated heterocycles. The molecule has 0 radical (unpaired) electrons. The molecule has 1 aliphatic rings. The molecule has 0 aliphatic carbocycles. The van der Waals surface area contributed by atoms with Crippen LogP contribution in [0.3, 0.4) is 0 Å². The zero-order valence-corrected chi connectivity index (χ0v) is 15.7. The summed E-state index contributed by atoms with van der Waals surface area (Å²) in [6, 6.07) is 4.19. The predicted octanol–water partition coefficient (Wildman–Crippen LogP) is 5.02. The molecule has 3 rings (SSSR count). The molecule has 0 fully saturated rings. The van der Waals surface area contributed by atoms with E-state index in [-0.39, 0.29) is 5.75 Å². The van der Waals surface area contributed by atoms with Crippen molar-refractivity contribution in [3.63, 3.8) is 0 Å². The first-order chi connectivity index (χ1) is 12.5. The Labute approximate surface area is 153 Å². The smallest absolute Gasteiger partial charge is 0.387 e. The van der Waals surface area contributed by atoms with Crippen molar-refractivity contribution in [3.8, 4) is 16.9 Å². The summed E-state index contributed by atoms with van der Waals surface area (Å²) < 4.78 is 32.6. The Bertz CT molecular complexity index is 745. The molecule has 2 aromatic rings. The van der Waals surface area contributed by atoms with Crippen molar-refractivity contribution in [2.24, 2.45) is 7.05 Å². The van der Waals surface area contributed by atoms with Gasteiger partial charge in [0.25, 0.3) is 0 Å². The number of anilines is 1. The zero-order valence-electron chi connectivity index (χ0n) is 15.7. The topological polar surface area (TPSA) is 30.3 Å². The summed E-state index contributed by atoms with van der Waals surface area (Å²) in [6.07, 6.45) is 8.96. The number of hydrogen-bond acceptors (Lipinski definition) is 3. The van der Waals surface area contributed by atoms with Crippen molar-refractivity contribution in [3.05, 3.63) is 30.1 Å². The first-order valence-electron chi connectivity index (χ1n) is 9.37. The van der Waals surface area contributed by atoms with Gasteiger partial charge in [0.2, 0.25) is 0 Å². The van der Waals surface area contributed by atoms with Gasteiger partial charge in [-0.2, -0.15) is 13.9 Å². The molecular weight excluding hydrogens is 336 g/mol. The lowest BCUT2D eigenvalue weighted by atomic mass is 9.94. The summed E-state index contributed by atoms with van der Waals surface area (Å²) in [7, 11) is 1.81. The molecule has 0 bridgehead atoms. The molecule has 0 saturated carbocycles. The average molecular weight is 363 g/mol. The van der Waals surface area contributed by atoms with Crippen LogP contribution in [-0.4, -0.2) is 29.0 Å². The summed E-state index contributed by atoms with van der Waals surface area (Å²) in [4.78, 5) is 2.35. The SMILES string of the molecule is CCCCC(C)N1CCCc2cc(-c3cnn(C)c3)c(OC(F)F)cc21. The van der Waals surface area contributed by atoms with Gasteiger partial charge in [0, 0.05) is 48.7 Å². The minimum atomic E-state index is -2.85. The highest BCUT2D eigenvalue weighted by molar-refractivity contribution is 5.76. The number of alkyl halides is 2. The Morgan fingerprint density at radius 1 is 1.31 bits per heavy atom. The minimum absolute atomic E-state index is 0.223. The van der Waals surface area contributed by atoms with Crippen LogP contribution in [0.2, 0.25) is 0 Å². The molecule has 1 aliphatic heterocycles. The van der Waals surface area contributed by atoms with Gasteiger partial charge in [0.05, 0.1) is 6.20 Å². The van der Waals surface area contributed by atoms with Gasteiger partial charge in [-0.15, -0.1) is 0 Å². The van der Waals surface area contributed by atoms with Crippen LogP contribution in [0.4, 0.5) is 14.5 Å². The van der Waals surface area contributed by atoms with E-state index in [4.69, 9.17) is 4.74 Å². The normalized spacial score (nSPS) is 15.2. The van der Waals surface area contributed by atoms with Gasteiger partial charge in [0.1, 0.15) is 5.75 Å². The maximum Gasteiger partial charge on any atom is 0.387 e. The number of aromatic nitrogens is 2. The van der Waals surface area contributed by atoms with E-state index in [1.165, 1.54) is 12.0 Å². The second kappa shape index (κ2) is 8.06. The van der Waals surface area contributed by atoms with Crippen LogP contribution >= 0.6 is 0 Å². The van der Waals surface area contributed by atoms with Crippen molar-refractivity contribution in [1.29, 1.82) is 0 Å². The lowest BCUT2D eigenvalue weighted by Crippen LogP contribution is -2.37. The van der Waals surface area contributed by atoms with Gasteiger partial charge in [0.15, 0.2) is 0 Å². The fourth-order valence-corrected chi connectivity index (χ4v) is 3.73. The van der Waals surface area contributed by atoms with E-state index in [2.05, 4.69) is 23.8 Å². The molecular formula is C20H27F2N3O. The molecule has 6 heteroatoms. The van der Waals surface area contributed by atoms with Gasteiger partial charge < -0.3 is 9.64 Å². The average Bonchev–Trinajstić information content (AvgIpc) is 3.04. The van der Waals surface area contributed by atoms with Gasteiger partial charge in [-0.1, -0.05) is 19.8 Å². The Hall–Kier alpha value is -2.11. The highest BCUT2D eigenvalue weighted by Crippen LogP contribution is 2.40. The molecule has 26 heavy (non-hydrogen) atoms. The number of ether oxygens (including phenoxy) is 1. The second-order valence-electron chi connectivity index (χ2n) is 7.05. The monoisotopic (exact) mass is 363 g/mol. The van der Waals surface area contributed by atoms with E-state index in [1.54, 1.807) is 16.9 Å². The van der Waals surface area contributed by atoms with Gasteiger partial charge in [-0.05, 0) is 37.8 Å². The number of fused-ring (bicyclic) bond motifs is 1. The first kappa shape index (κ1) is 18.7. The molecule has 0 spiro atoms. The number of rotatable bonds is 7. The van der Waals surface area contributed by atoms with E-state index >= 15 is 0 Å². The molecule has 1 aromatic heterocycles. The highest BCUT2D eigenvalue weighted by Gasteiger charge is 2.25. The second-order valence-corrected chi connectivity index (χ2v) is 7.05. The minimum Gasteiger partial charge on any atom is -0.434 e. The molecule has 142 valence electrons. The summed E-state index contributed by atoms with van der Waals surface area (Å²) in [5.41, 5.74) is 3.70. The molecule has 0 N–H and O–H groups in total. The van der Waals surface area contributed by atoms with Crippen LogP contribution in [0.5, 0.6) is 5.75 Å². The van der Waals surface area contributed by atoms with Crippen LogP contribution < -0.4 is 9.64 Å². The highest BCUT2D eigenvalue weighted by atomic mass is 19.3. The Balaban J connectivity index is 2.01. The lowest BCUT2D eigenvalue weighted by molar-refractivity contribution is -0.0494. The fourth-order valence-electron chi connectivity index (χ4n) is 3.73. The quantitative estimate of drug-likeness (QED) is 0.692. The number of halogens is 2. The van der Waals surface area contributed by atoms with E-state index < -0.39 is 6.61 Å². The zero-order chi connectivity index (χ0) is 18.7. The third kappa shape index (κ3) is 4.00. The Kier molecular flexibility index (Phi) is 5.79. The van der Waals surface area contributed by atoms with Gasteiger partial charge >= 0.3 is 6.61 Å². The Morgan fingerprint density at radius 2 is 2.12 bits per heavy atom. The van der Waals surface area contributed by atoms with Crippen molar-refractivity contribution >= 4 is 5.69 Å². The number of aryl methyl sites for hydroxylation is 2. The van der Waals surface area contributed by atoms with Crippen molar-refractivity contribution in [2.45, 2.75) is 58.6 Å². The maximum atomic E-state index is 13.0. The summed E-state index contributed by atoms with van der Waals surface area (Å²) in [5, 5.41) is 4.17. The maximum absolute atomic E-state index is 13.0. The standard InChI is InChI=1S/C20H27F2N3O/c1-4-5-7-14(2)25-9-6-8-15-10-17(16-12-23-24(3)13-16)19(11-18(15)25)26-20(21)22/h10-14,20H,4-9H2,1-3H3. The third-order valence-corrected chi connectivity index (χ3v) is 5.07. The van der Waals surface area contributed by atoms with E-state index in [0.29, 0.717) is 11.6 Å². The van der Waals surface area contributed by atoms with Gasteiger partial charge in [-0.25, -0.2) is 0 Å². The predicted molar refractivity (Wildman–Crippen MR) is 99.9 cm³/mol. The van der Waals surface area contributed by atoms with E-state index in [1.807, 2.05) is 19.3 Å². The summed E-state index contributed by atoms with van der Waals surface area (Å²) >= 11 is 0. The Morgan fingerprint density at radius 3 is 2.77 bits per heavy atom. The largest absolute Gasteiger partial charge is 0.434 e. The van der Waals surface area contributed by atoms with E-state index in [9.17, 15) is 8.78 Å². The van der Waals surface area contributed by atoms with Crippen LogP contribution in [-0.2, 0) is 13.5 Å². The fraction of sp³-hybridized carbons (Fsp3) is 0.550. The van der Waals surface area contributed by atoms with Crippen LogP contribution in [0, 0.1) is 0 Å². The van der Waals surface area contributed by atoms with Crippen LogP contribution in [0.1, 0.15) is 45.1 Å². The van der Waals surface area contributed by atoms with Crippen molar-refractivity contribution < 1.29 is 13.5 Å². The molecule has 2 heterocycles. The molecule has 0 amide bonds. The summed E-state index contributed by atoms with van der Waals surface area (Å²) in [6.45, 7) is 2.51. The third-order valence-electron chi connectivity index (χ3n) is 5.07. The van der Waals surface area contributed by atoms with Crippen LogP contribution in [0.15, 0.2) is 24.5 Å². The van der Waals surface area contributed by atoms with E-state index in [0.717, 1.165) is 43.5 Å². The molecule has 1 unspecified atom stereocenters. The first-order valence-corrected chi connectivity index (χ1v) is 9.37. The lowest BCUT2D eigenvalue weighted by Gasteiger charge is -2.37. The van der Waals surface area contributed by atoms with Crippen molar-refractivity contribution in [1.82, 2.24) is 9.78 Å². The number of hydrogen-bond donors (Lipinski definition) is 0. The van der Waals surface area contributed by atoms with Crippen molar-refractivity contribution in [2.75, 3.05) is 11.4 Å². The van der Waals surface area contributed by atoms with Gasteiger partial charge in [-0.3, -0.25) is 4.68 Å². The summed E-state index contributed by atoms with van der Waals surface area (Å²) in [5.74, 6) is 0.223. The number of benzene rings is 1. The molecule has 4 nitrogen and oxygen atoms in total. The number of unbranched alkanes of at least 4 members (excludes halogenated alkanes) is 1. The molecule has 1 aromatic carbocycles.